The molecule has 0 spiro atoms. The fourth-order valence-corrected chi connectivity index (χ4v) is 3.87. The van der Waals surface area contributed by atoms with E-state index in [1.165, 1.54) is 0 Å². The maximum absolute atomic E-state index is 11.6. The molecule has 1 aliphatic heterocycles. The first kappa shape index (κ1) is 18.8. The van der Waals surface area contributed by atoms with Crippen molar-refractivity contribution < 1.29 is 4.79 Å². The van der Waals surface area contributed by atoms with Crippen molar-refractivity contribution in [3.63, 3.8) is 0 Å². The predicted molar refractivity (Wildman–Crippen MR) is 114 cm³/mol. The molecular formula is C20H19Cl2N5O. The number of nitrogens with zero attached hydrogens (tertiary/aromatic N) is 4. The van der Waals surface area contributed by atoms with Crippen LogP contribution < -0.4 is 10.6 Å². The first-order chi connectivity index (χ1) is 13.4. The molecule has 28 heavy (non-hydrogen) atoms. The maximum atomic E-state index is 11.6. The molecule has 144 valence electrons. The molecule has 2 heterocycles. The number of benzene rings is 2. The van der Waals surface area contributed by atoms with Gasteiger partial charge in [-0.2, -0.15) is 4.98 Å². The van der Waals surface area contributed by atoms with Gasteiger partial charge in [0.2, 0.25) is 11.9 Å². The molecule has 1 fully saturated rings. The maximum Gasteiger partial charge on any atom is 0.222 e. The minimum absolute atomic E-state index is 0.0866. The van der Waals surface area contributed by atoms with E-state index < -0.39 is 0 Å². The number of piperazine rings is 1. The van der Waals surface area contributed by atoms with E-state index in [-0.39, 0.29) is 11.9 Å². The number of rotatable bonds is 2. The number of nitrogens with two attached hydrogens (primary N) is 1. The standard InChI is InChI=1S/C20H19Cl2N5O/c1-12(28)26-6-8-27(9-7-26)19-16-10-15(13-2-4-14(21)5-3-13)17(22)11-18(16)24-20(23)25-19/h2-5,10-11H,6-9H2,1H3,(H2,23,24,25). The fourth-order valence-electron chi connectivity index (χ4n) is 3.48. The number of carbonyl (C=O) groups is 1. The van der Waals surface area contributed by atoms with Crippen LogP contribution in [0.3, 0.4) is 0 Å². The second kappa shape index (κ2) is 7.45. The molecular weight excluding hydrogens is 397 g/mol. The summed E-state index contributed by atoms with van der Waals surface area (Å²) in [5.41, 5.74) is 8.48. The van der Waals surface area contributed by atoms with Gasteiger partial charge in [-0.1, -0.05) is 35.3 Å². The number of fused-ring (bicyclic) bond motifs is 1. The highest BCUT2D eigenvalue weighted by Gasteiger charge is 2.22. The Bertz CT molecular complexity index is 1050. The summed E-state index contributed by atoms with van der Waals surface area (Å²) in [6.45, 7) is 4.26. The molecule has 2 aromatic carbocycles. The van der Waals surface area contributed by atoms with Crippen molar-refractivity contribution in [1.29, 1.82) is 0 Å². The summed E-state index contributed by atoms with van der Waals surface area (Å²) in [6.07, 6.45) is 0. The van der Waals surface area contributed by atoms with E-state index in [0.717, 1.165) is 22.3 Å². The largest absolute Gasteiger partial charge is 0.368 e. The van der Waals surface area contributed by atoms with Crippen LogP contribution in [0.5, 0.6) is 0 Å². The average molecular weight is 416 g/mol. The Morgan fingerprint density at radius 1 is 1.04 bits per heavy atom. The zero-order chi connectivity index (χ0) is 19.8. The minimum Gasteiger partial charge on any atom is -0.368 e. The summed E-state index contributed by atoms with van der Waals surface area (Å²) >= 11 is 12.5. The number of hydrogen-bond donors (Lipinski definition) is 1. The second-order valence-electron chi connectivity index (χ2n) is 6.75. The van der Waals surface area contributed by atoms with E-state index in [4.69, 9.17) is 28.9 Å². The molecule has 0 radical (unpaired) electrons. The van der Waals surface area contributed by atoms with E-state index in [9.17, 15) is 4.79 Å². The quantitative estimate of drug-likeness (QED) is 0.687. The Kier molecular flexibility index (Phi) is 5.00. The summed E-state index contributed by atoms with van der Waals surface area (Å²) in [5.74, 6) is 1.05. The van der Waals surface area contributed by atoms with Crippen molar-refractivity contribution in [2.75, 3.05) is 36.8 Å². The van der Waals surface area contributed by atoms with Gasteiger partial charge in [0.05, 0.1) is 10.5 Å². The van der Waals surface area contributed by atoms with Crippen molar-refractivity contribution in [2.45, 2.75) is 6.92 Å². The van der Waals surface area contributed by atoms with Gasteiger partial charge in [-0.3, -0.25) is 4.79 Å². The van der Waals surface area contributed by atoms with Gasteiger partial charge in [0, 0.05) is 49.1 Å². The molecule has 0 saturated carbocycles. The molecule has 0 atom stereocenters. The third-order valence-corrected chi connectivity index (χ3v) is 5.53. The summed E-state index contributed by atoms with van der Waals surface area (Å²) < 4.78 is 0. The monoisotopic (exact) mass is 415 g/mol. The van der Waals surface area contributed by atoms with Crippen LogP contribution in [0.2, 0.25) is 10.0 Å². The molecule has 8 heteroatoms. The van der Waals surface area contributed by atoms with Crippen LogP contribution in [-0.2, 0) is 4.79 Å². The lowest BCUT2D eigenvalue weighted by atomic mass is 10.0. The molecule has 0 unspecified atom stereocenters. The van der Waals surface area contributed by atoms with E-state index in [1.54, 1.807) is 6.92 Å². The van der Waals surface area contributed by atoms with Gasteiger partial charge in [0.1, 0.15) is 5.82 Å². The number of nitrogen functional groups attached to an aromatic ring is 1. The molecule has 1 saturated heterocycles. The predicted octanol–water partition coefficient (Wildman–Crippen LogP) is 3.85. The Labute approximate surface area is 172 Å². The molecule has 1 aliphatic rings. The van der Waals surface area contributed by atoms with Crippen molar-refractivity contribution in [3.05, 3.63) is 46.4 Å². The van der Waals surface area contributed by atoms with Gasteiger partial charge < -0.3 is 15.5 Å². The number of hydrogen-bond acceptors (Lipinski definition) is 5. The molecule has 0 bridgehead atoms. The van der Waals surface area contributed by atoms with Crippen molar-refractivity contribution in [1.82, 2.24) is 14.9 Å². The number of halogens is 2. The minimum atomic E-state index is 0.0866. The van der Waals surface area contributed by atoms with Gasteiger partial charge >= 0.3 is 0 Å². The smallest absolute Gasteiger partial charge is 0.222 e. The fraction of sp³-hybridized carbons (Fsp3) is 0.250. The van der Waals surface area contributed by atoms with E-state index in [0.29, 0.717) is 41.7 Å². The summed E-state index contributed by atoms with van der Waals surface area (Å²) in [7, 11) is 0. The molecule has 4 rings (SSSR count). The van der Waals surface area contributed by atoms with Crippen LogP contribution >= 0.6 is 23.2 Å². The summed E-state index contributed by atoms with van der Waals surface area (Å²) in [4.78, 5) is 24.4. The highest BCUT2D eigenvalue weighted by molar-refractivity contribution is 6.34. The van der Waals surface area contributed by atoms with Gasteiger partial charge in [0.15, 0.2) is 0 Å². The highest BCUT2D eigenvalue weighted by atomic mass is 35.5. The number of carbonyl (C=O) groups excluding carboxylic acids is 1. The molecule has 6 nitrogen and oxygen atoms in total. The normalized spacial score (nSPS) is 14.5. The molecule has 2 N–H and O–H groups in total. The number of anilines is 2. The van der Waals surface area contributed by atoms with E-state index >= 15 is 0 Å². The van der Waals surface area contributed by atoms with Crippen LogP contribution in [0.1, 0.15) is 6.92 Å². The van der Waals surface area contributed by atoms with Gasteiger partial charge in [0.25, 0.3) is 0 Å². The molecule has 0 aliphatic carbocycles. The second-order valence-corrected chi connectivity index (χ2v) is 7.60. The van der Waals surface area contributed by atoms with Crippen LogP contribution in [0.15, 0.2) is 36.4 Å². The van der Waals surface area contributed by atoms with E-state index in [2.05, 4.69) is 14.9 Å². The first-order valence-electron chi connectivity index (χ1n) is 8.95. The average Bonchev–Trinajstić information content (AvgIpc) is 2.67. The SMILES string of the molecule is CC(=O)N1CCN(c2nc(N)nc3cc(Cl)c(-c4ccc(Cl)cc4)cc23)CC1. The summed E-state index contributed by atoms with van der Waals surface area (Å²) in [6, 6.07) is 11.3. The number of amides is 1. The van der Waals surface area contributed by atoms with Crippen LogP contribution in [0, 0.1) is 0 Å². The van der Waals surface area contributed by atoms with Crippen molar-refractivity contribution in [3.8, 4) is 11.1 Å². The van der Waals surface area contributed by atoms with Gasteiger partial charge in [-0.05, 0) is 29.8 Å². The van der Waals surface area contributed by atoms with Crippen LogP contribution in [-0.4, -0.2) is 47.0 Å². The van der Waals surface area contributed by atoms with Crippen molar-refractivity contribution >= 4 is 51.8 Å². The molecule has 1 aromatic heterocycles. The lowest BCUT2D eigenvalue weighted by molar-refractivity contribution is -0.129. The Morgan fingerprint density at radius 2 is 1.71 bits per heavy atom. The Hall–Kier alpha value is -2.57. The molecule has 1 amide bonds. The zero-order valence-electron chi connectivity index (χ0n) is 15.3. The van der Waals surface area contributed by atoms with E-state index in [1.807, 2.05) is 41.3 Å². The zero-order valence-corrected chi connectivity index (χ0v) is 16.8. The topological polar surface area (TPSA) is 75.4 Å². The summed E-state index contributed by atoms with van der Waals surface area (Å²) in [5, 5.41) is 2.13. The van der Waals surface area contributed by atoms with Crippen LogP contribution in [0.4, 0.5) is 11.8 Å². The van der Waals surface area contributed by atoms with Crippen LogP contribution in [0.25, 0.3) is 22.0 Å². The Balaban J connectivity index is 1.79. The molecule has 3 aromatic rings. The lowest BCUT2D eigenvalue weighted by Crippen LogP contribution is -2.48. The first-order valence-corrected chi connectivity index (χ1v) is 9.71. The highest BCUT2D eigenvalue weighted by Crippen LogP contribution is 2.36. The number of aromatic nitrogens is 2. The third-order valence-electron chi connectivity index (χ3n) is 4.96. The lowest BCUT2D eigenvalue weighted by Gasteiger charge is -2.35. The third kappa shape index (κ3) is 3.57. The van der Waals surface area contributed by atoms with Gasteiger partial charge in [-0.25, -0.2) is 4.98 Å². The van der Waals surface area contributed by atoms with Crippen molar-refractivity contribution in [2.24, 2.45) is 0 Å². The van der Waals surface area contributed by atoms with Gasteiger partial charge in [-0.15, -0.1) is 0 Å². The Morgan fingerprint density at radius 3 is 2.36 bits per heavy atom.